The Morgan fingerprint density at radius 3 is 2.72 bits per heavy atom. The second-order valence-corrected chi connectivity index (χ2v) is 8.20. The summed E-state index contributed by atoms with van der Waals surface area (Å²) in [5.41, 5.74) is 4.23. The van der Waals surface area contributed by atoms with Gasteiger partial charge >= 0.3 is 0 Å². The average molecular weight is 354 g/mol. The number of aromatic nitrogens is 2. The van der Waals surface area contributed by atoms with E-state index in [1.54, 1.807) is 6.33 Å². The number of benzene rings is 1. The number of hydrogen-bond donors (Lipinski definition) is 2. The maximum Gasteiger partial charge on any atom is 0.138 e. The molecule has 4 rings (SSSR count). The lowest BCUT2D eigenvalue weighted by atomic mass is 9.97. The van der Waals surface area contributed by atoms with Gasteiger partial charge in [0.15, 0.2) is 0 Å². The van der Waals surface area contributed by atoms with Crippen LogP contribution >= 0.6 is 11.3 Å². The summed E-state index contributed by atoms with van der Waals surface area (Å²) in [6, 6.07) is 8.69. The van der Waals surface area contributed by atoms with E-state index < -0.39 is 0 Å². The molecule has 2 N–H and O–H groups in total. The lowest BCUT2D eigenvalue weighted by molar-refractivity contribution is -0.872. The molecule has 1 aliphatic carbocycles. The van der Waals surface area contributed by atoms with Crippen molar-refractivity contribution in [2.24, 2.45) is 0 Å². The van der Waals surface area contributed by atoms with Crippen LogP contribution < -0.4 is 10.2 Å². The summed E-state index contributed by atoms with van der Waals surface area (Å²) < 4.78 is 0. The van der Waals surface area contributed by atoms with Gasteiger partial charge in [0.2, 0.25) is 0 Å². The number of nitrogens with zero attached hydrogens (tertiary/aromatic N) is 2. The van der Waals surface area contributed by atoms with Crippen molar-refractivity contribution in [1.82, 2.24) is 9.97 Å². The van der Waals surface area contributed by atoms with E-state index >= 15 is 0 Å². The van der Waals surface area contributed by atoms with Crippen molar-refractivity contribution in [2.75, 3.05) is 19.4 Å². The van der Waals surface area contributed by atoms with Gasteiger partial charge < -0.3 is 10.2 Å². The third-order valence-electron chi connectivity index (χ3n) is 4.86. The minimum absolute atomic E-state index is 0.806. The number of fused-ring (bicyclic) bond motifs is 3. The van der Waals surface area contributed by atoms with Gasteiger partial charge in [-0.1, -0.05) is 24.3 Å². The first-order valence-electron chi connectivity index (χ1n) is 9.07. The number of thiophene rings is 1. The fourth-order valence-electron chi connectivity index (χ4n) is 3.69. The van der Waals surface area contributed by atoms with E-state index in [0.29, 0.717) is 0 Å². The van der Waals surface area contributed by atoms with Crippen LogP contribution in [0, 0.1) is 0 Å². The van der Waals surface area contributed by atoms with E-state index in [1.165, 1.54) is 51.1 Å². The van der Waals surface area contributed by atoms with Crippen LogP contribution in [0.2, 0.25) is 0 Å². The number of nitrogens with one attached hydrogen (secondary N) is 2. The van der Waals surface area contributed by atoms with Gasteiger partial charge in [0, 0.05) is 17.0 Å². The van der Waals surface area contributed by atoms with Crippen molar-refractivity contribution in [1.29, 1.82) is 0 Å². The molecule has 0 saturated carbocycles. The molecule has 0 fully saturated rings. The molecule has 0 atom stereocenters. The quantitative estimate of drug-likeness (QED) is 0.741. The van der Waals surface area contributed by atoms with Crippen LogP contribution in [-0.4, -0.2) is 24.1 Å². The first-order valence-corrected chi connectivity index (χ1v) is 9.89. The molecule has 0 radical (unpaired) electrons. The van der Waals surface area contributed by atoms with Crippen LogP contribution in [0.15, 0.2) is 30.6 Å². The predicted octanol–water partition coefficient (Wildman–Crippen LogP) is 2.83. The van der Waals surface area contributed by atoms with Gasteiger partial charge in [-0.25, -0.2) is 9.97 Å². The smallest absolute Gasteiger partial charge is 0.138 e. The molecule has 0 aliphatic heterocycles. The van der Waals surface area contributed by atoms with Gasteiger partial charge in [-0.05, 0) is 36.8 Å². The van der Waals surface area contributed by atoms with Gasteiger partial charge in [-0.2, -0.15) is 0 Å². The topological polar surface area (TPSA) is 42.2 Å². The number of quaternary nitrogens is 1. The Kier molecular flexibility index (Phi) is 4.68. The maximum absolute atomic E-state index is 4.57. The molecule has 4 nitrogen and oxygen atoms in total. The summed E-state index contributed by atoms with van der Waals surface area (Å²) in [6.45, 7) is 1.84. The molecule has 0 bridgehead atoms. The van der Waals surface area contributed by atoms with Gasteiger partial charge in [0.25, 0.3) is 0 Å². The average Bonchev–Trinajstić information content (AvgIpc) is 2.99. The summed E-state index contributed by atoms with van der Waals surface area (Å²) in [7, 11) is 4.38. The number of aryl methyl sites for hydroxylation is 2. The molecular formula is C20H25N4S+. The monoisotopic (exact) mass is 353 g/mol. The molecule has 0 unspecified atom stereocenters. The SMILES string of the molecule is C[NH+](C)Cc1ccccc1CNc1ncnc2sc3c(c12)CCCC3. The molecule has 1 aromatic carbocycles. The standard InChI is InChI=1S/C20H24N4S/c1-24(2)12-15-8-4-3-7-14(15)11-21-19-18-16-9-5-6-10-17(16)25-20(18)23-13-22-19/h3-4,7-8,13H,5-6,9-12H2,1-2H3,(H,21,22,23)/p+1. The maximum atomic E-state index is 4.57. The lowest BCUT2D eigenvalue weighted by Crippen LogP contribution is -3.04. The third kappa shape index (κ3) is 3.39. The lowest BCUT2D eigenvalue weighted by Gasteiger charge is -2.14. The molecular weight excluding hydrogens is 328 g/mol. The highest BCUT2D eigenvalue weighted by atomic mass is 32.1. The minimum atomic E-state index is 0.806. The highest BCUT2D eigenvalue weighted by molar-refractivity contribution is 7.19. The number of anilines is 1. The molecule has 2 aromatic heterocycles. The first-order chi connectivity index (χ1) is 12.2. The van der Waals surface area contributed by atoms with Crippen LogP contribution in [0.4, 0.5) is 5.82 Å². The Bertz CT molecular complexity index is 885. The van der Waals surface area contributed by atoms with E-state index in [9.17, 15) is 0 Å². The largest absolute Gasteiger partial charge is 0.365 e. The van der Waals surface area contributed by atoms with Crippen molar-refractivity contribution in [3.05, 3.63) is 52.2 Å². The summed E-state index contributed by atoms with van der Waals surface area (Å²) in [5, 5.41) is 4.86. The molecule has 130 valence electrons. The molecule has 1 aliphatic rings. The Hall–Kier alpha value is -1.98. The normalized spacial score (nSPS) is 14.0. The fraction of sp³-hybridized carbons (Fsp3) is 0.400. The van der Waals surface area contributed by atoms with E-state index in [2.05, 4.69) is 53.6 Å². The van der Waals surface area contributed by atoms with Crippen LogP contribution in [0.1, 0.15) is 34.4 Å². The molecule has 3 aromatic rings. The zero-order valence-electron chi connectivity index (χ0n) is 14.9. The molecule has 25 heavy (non-hydrogen) atoms. The Balaban J connectivity index is 1.63. The van der Waals surface area contributed by atoms with Crippen molar-refractivity contribution in [2.45, 2.75) is 38.8 Å². The zero-order valence-corrected chi connectivity index (χ0v) is 15.7. The second-order valence-electron chi connectivity index (χ2n) is 7.12. The summed E-state index contributed by atoms with van der Waals surface area (Å²) in [6.07, 6.45) is 6.64. The highest BCUT2D eigenvalue weighted by Gasteiger charge is 2.19. The van der Waals surface area contributed by atoms with E-state index in [0.717, 1.165) is 30.2 Å². The van der Waals surface area contributed by atoms with Crippen LogP contribution in [0.3, 0.4) is 0 Å². The minimum Gasteiger partial charge on any atom is -0.365 e. The van der Waals surface area contributed by atoms with Gasteiger partial charge in [-0.15, -0.1) is 11.3 Å². The number of rotatable bonds is 5. The highest BCUT2D eigenvalue weighted by Crippen LogP contribution is 2.38. The summed E-state index contributed by atoms with van der Waals surface area (Å²) in [4.78, 5) is 13.2. The molecule has 2 heterocycles. The third-order valence-corrected chi connectivity index (χ3v) is 6.06. The molecule has 5 heteroatoms. The number of hydrogen-bond acceptors (Lipinski definition) is 4. The van der Waals surface area contributed by atoms with Gasteiger partial charge in [0.05, 0.1) is 19.5 Å². The van der Waals surface area contributed by atoms with Crippen molar-refractivity contribution >= 4 is 27.4 Å². The van der Waals surface area contributed by atoms with Gasteiger partial charge in [0.1, 0.15) is 23.5 Å². The van der Waals surface area contributed by atoms with E-state index in [-0.39, 0.29) is 0 Å². The van der Waals surface area contributed by atoms with Gasteiger partial charge in [-0.3, -0.25) is 0 Å². The van der Waals surface area contributed by atoms with Crippen molar-refractivity contribution in [3.8, 4) is 0 Å². The summed E-state index contributed by atoms with van der Waals surface area (Å²) in [5.74, 6) is 0.997. The van der Waals surface area contributed by atoms with Crippen molar-refractivity contribution in [3.63, 3.8) is 0 Å². The van der Waals surface area contributed by atoms with Crippen LogP contribution in [0.5, 0.6) is 0 Å². The van der Waals surface area contributed by atoms with Crippen LogP contribution in [-0.2, 0) is 25.9 Å². The zero-order chi connectivity index (χ0) is 17.2. The van der Waals surface area contributed by atoms with Crippen molar-refractivity contribution < 1.29 is 4.90 Å². The van der Waals surface area contributed by atoms with E-state index in [4.69, 9.17) is 0 Å². The molecule has 0 amide bonds. The fourth-order valence-corrected chi connectivity index (χ4v) is 4.92. The Morgan fingerprint density at radius 2 is 1.88 bits per heavy atom. The molecule has 0 spiro atoms. The Morgan fingerprint density at radius 1 is 1.08 bits per heavy atom. The van der Waals surface area contributed by atoms with Crippen LogP contribution in [0.25, 0.3) is 10.2 Å². The summed E-state index contributed by atoms with van der Waals surface area (Å²) >= 11 is 1.85. The first kappa shape index (κ1) is 16.5. The van der Waals surface area contributed by atoms with E-state index in [1.807, 2.05) is 11.3 Å². The molecule has 0 saturated heterocycles. The predicted molar refractivity (Wildman–Crippen MR) is 104 cm³/mol. The second kappa shape index (κ2) is 7.10. The Labute approximate surface area is 152 Å².